The Balaban J connectivity index is 2.63. The van der Waals surface area contributed by atoms with Gasteiger partial charge >= 0.3 is 0 Å². The van der Waals surface area contributed by atoms with Gasteiger partial charge in [-0.15, -0.1) is 0 Å². The van der Waals surface area contributed by atoms with Crippen LogP contribution in [0, 0.1) is 17.8 Å². The van der Waals surface area contributed by atoms with Gasteiger partial charge in [0.25, 0.3) is 0 Å². The van der Waals surface area contributed by atoms with Crippen LogP contribution in [0.3, 0.4) is 0 Å². The summed E-state index contributed by atoms with van der Waals surface area (Å²) in [5.74, 6) is 1.56. The average molecular weight is 297 g/mol. The number of carbonyl (C=O) groups is 1. The number of amides is 1. The molecule has 1 saturated carbocycles. The zero-order chi connectivity index (χ0) is 16.0. The zero-order valence-corrected chi connectivity index (χ0v) is 14.6. The van der Waals surface area contributed by atoms with Gasteiger partial charge in [0.05, 0.1) is 0 Å². The highest BCUT2D eigenvalue weighted by molar-refractivity contribution is 5.85. The second-order valence-corrected chi connectivity index (χ2v) is 7.51. The molecular weight excluding hydrogens is 262 g/mol. The lowest BCUT2D eigenvalue weighted by Crippen LogP contribution is -2.57. The quantitative estimate of drug-likeness (QED) is 0.686. The normalized spacial score (nSPS) is 26.2. The largest absolute Gasteiger partial charge is 0.368 e. The van der Waals surface area contributed by atoms with Gasteiger partial charge in [-0.2, -0.15) is 0 Å². The number of nitrogens with zero attached hydrogens (tertiary/aromatic N) is 1. The number of rotatable bonds is 9. The van der Waals surface area contributed by atoms with Crippen LogP contribution < -0.4 is 11.1 Å². The maximum absolute atomic E-state index is 11.9. The molecule has 1 aliphatic carbocycles. The molecule has 21 heavy (non-hydrogen) atoms. The summed E-state index contributed by atoms with van der Waals surface area (Å²) in [6.45, 7) is 12.4. The van der Waals surface area contributed by atoms with E-state index in [4.69, 9.17) is 5.73 Å². The molecule has 0 radical (unpaired) electrons. The molecule has 4 heteroatoms. The first-order valence-corrected chi connectivity index (χ1v) is 8.53. The van der Waals surface area contributed by atoms with Crippen LogP contribution in [-0.4, -0.2) is 43.0 Å². The van der Waals surface area contributed by atoms with Gasteiger partial charge in [-0.3, -0.25) is 4.79 Å². The Bertz CT molecular complexity index is 320. The summed E-state index contributed by atoms with van der Waals surface area (Å²) in [4.78, 5) is 14.5. The molecule has 0 heterocycles. The molecule has 0 aromatic rings. The van der Waals surface area contributed by atoms with Gasteiger partial charge in [0.1, 0.15) is 5.54 Å². The highest BCUT2D eigenvalue weighted by Gasteiger charge is 2.46. The molecule has 0 aliphatic heterocycles. The predicted molar refractivity (Wildman–Crippen MR) is 89.1 cm³/mol. The Labute approximate surface area is 130 Å². The molecule has 0 saturated heterocycles. The van der Waals surface area contributed by atoms with E-state index in [-0.39, 0.29) is 5.91 Å². The molecular formula is C17H35N3O. The molecule has 2 atom stereocenters. The molecule has 0 aromatic carbocycles. The summed E-state index contributed by atoms with van der Waals surface area (Å²) in [6, 6.07) is 0. The fourth-order valence-corrected chi connectivity index (χ4v) is 3.87. The lowest BCUT2D eigenvalue weighted by molar-refractivity contribution is -0.125. The van der Waals surface area contributed by atoms with Crippen molar-refractivity contribution in [1.82, 2.24) is 10.2 Å². The van der Waals surface area contributed by atoms with Crippen molar-refractivity contribution in [1.29, 1.82) is 0 Å². The summed E-state index contributed by atoms with van der Waals surface area (Å²) in [6.07, 6.45) is 4.16. The third kappa shape index (κ3) is 4.96. The van der Waals surface area contributed by atoms with Crippen molar-refractivity contribution in [2.75, 3.05) is 26.7 Å². The number of likely N-dealkylation sites (N-methyl/N-ethyl adjacent to an activating group) is 1. The van der Waals surface area contributed by atoms with E-state index >= 15 is 0 Å². The van der Waals surface area contributed by atoms with E-state index in [0.29, 0.717) is 17.8 Å². The zero-order valence-electron chi connectivity index (χ0n) is 14.6. The van der Waals surface area contributed by atoms with Gasteiger partial charge in [0, 0.05) is 13.1 Å². The number of nitrogens with two attached hydrogens (primary N) is 1. The van der Waals surface area contributed by atoms with E-state index in [0.717, 1.165) is 45.3 Å². The minimum atomic E-state index is -0.471. The van der Waals surface area contributed by atoms with Crippen molar-refractivity contribution < 1.29 is 4.79 Å². The summed E-state index contributed by atoms with van der Waals surface area (Å²) >= 11 is 0. The first-order valence-electron chi connectivity index (χ1n) is 8.53. The van der Waals surface area contributed by atoms with Gasteiger partial charge in [0.2, 0.25) is 5.91 Å². The number of primary amides is 1. The third-order valence-corrected chi connectivity index (χ3v) is 4.75. The SMILES string of the molecule is CNC1(C(N)=O)CCCC1CCN(CC(C)C)CC(C)C. The molecule has 124 valence electrons. The van der Waals surface area contributed by atoms with Crippen molar-refractivity contribution in [2.45, 2.75) is 58.9 Å². The molecule has 1 fully saturated rings. The van der Waals surface area contributed by atoms with E-state index in [1.807, 2.05) is 7.05 Å². The number of hydrogen-bond donors (Lipinski definition) is 2. The Morgan fingerprint density at radius 3 is 2.29 bits per heavy atom. The first-order chi connectivity index (χ1) is 9.81. The molecule has 4 nitrogen and oxygen atoms in total. The molecule has 0 spiro atoms. The van der Waals surface area contributed by atoms with Crippen LogP contribution >= 0.6 is 0 Å². The smallest absolute Gasteiger partial charge is 0.238 e. The van der Waals surface area contributed by atoms with Crippen LogP contribution in [0.25, 0.3) is 0 Å². The van der Waals surface area contributed by atoms with Crippen molar-refractivity contribution in [3.8, 4) is 0 Å². The van der Waals surface area contributed by atoms with Crippen molar-refractivity contribution in [3.63, 3.8) is 0 Å². The Morgan fingerprint density at radius 1 is 1.29 bits per heavy atom. The summed E-state index contributed by atoms with van der Waals surface area (Å²) in [5.41, 5.74) is 5.22. The lowest BCUT2D eigenvalue weighted by atomic mass is 9.84. The fourth-order valence-electron chi connectivity index (χ4n) is 3.87. The highest BCUT2D eigenvalue weighted by atomic mass is 16.1. The second kappa shape index (κ2) is 8.14. The maximum Gasteiger partial charge on any atom is 0.238 e. The monoisotopic (exact) mass is 297 g/mol. The van der Waals surface area contributed by atoms with Crippen LogP contribution in [0.15, 0.2) is 0 Å². The summed E-state index contributed by atoms with van der Waals surface area (Å²) < 4.78 is 0. The fraction of sp³-hybridized carbons (Fsp3) is 0.941. The predicted octanol–water partition coefficient (Wildman–Crippen LogP) is 2.23. The van der Waals surface area contributed by atoms with E-state index < -0.39 is 5.54 Å². The van der Waals surface area contributed by atoms with E-state index in [1.165, 1.54) is 0 Å². The average Bonchev–Trinajstić information content (AvgIpc) is 2.78. The molecule has 1 aliphatic rings. The van der Waals surface area contributed by atoms with Crippen LogP contribution in [0.5, 0.6) is 0 Å². The molecule has 0 aromatic heterocycles. The summed E-state index contributed by atoms with van der Waals surface area (Å²) in [5, 5.41) is 3.24. The van der Waals surface area contributed by atoms with Crippen LogP contribution in [0.1, 0.15) is 53.4 Å². The van der Waals surface area contributed by atoms with E-state index in [9.17, 15) is 4.79 Å². The topological polar surface area (TPSA) is 58.4 Å². The number of nitrogens with one attached hydrogen (secondary N) is 1. The standard InChI is InChI=1S/C17H35N3O/c1-13(2)11-20(12-14(3)4)10-8-15-7-6-9-17(15,19-5)16(18)21/h13-15,19H,6-12H2,1-5H3,(H2,18,21). The molecule has 3 N–H and O–H groups in total. The van der Waals surface area contributed by atoms with Crippen LogP contribution in [0.2, 0.25) is 0 Å². The first kappa shape index (κ1) is 18.4. The summed E-state index contributed by atoms with van der Waals surface area (Å²) in [7, 11) is 1.88. The second-order valence-electron chi connectivity index (χ2n) is 7.51. The van der Waals surface area contributed by atoms with Gasteiger partial charge in [0.15, 0.2) is 0 Å². The molecule has 0 bridgehead atoms. The lowest BCUT2D eigenvalue weighted by Gasteiger charge is -2.34. The Kier molecular flexibility index (Phi) is 7.14. The highest BCUT2D eigenvalue weighted by Crippen LogP contribution is 2.37. The maximum atomic E-state index is 11.9. The third-order valence-electron chi connectivity index (χ3n) is 4.75. The van der Waals surface area contributed by atoms with Gasteiger partial charge < -0.3 is 16.0 Å². The van der Waals surface area contributed by atoms with Crippen molar-refractivity contribution in [2.24, 2.45) is 23.5 Å². The minimum Gasteiger partial charge on any atom is -0.368 e. The van der Waals surface area contributed by atoms with Crippen molar-refractivity contribution >= 4 is 5.91 Å². The number of hydrogen-bond acceptors (Lipinski definition) is 3. The van der Waals surface area contributed by atoms with Crippen molar-refractivity contribution in [3.05, 3.63) is 0 Å². The van der Waals surface area contributed by atoms with Crippen LogP contribution in [-0.2, 0) is 4.79 Å². The van der Waals surface area contributed by atoms with Gasteiger partial charge in [-0.25, -0.2) is 0 Å². The van der Waals surface area contributed by atoms with E-state index in [1.54, 1.807) is 0 Å². The van der Waals surface area contributed by atoms with Crippen LogP contribution in [0.4, 0.5) is 0 Å². The number of carbonyl (C=O) groups excluding carboxylic acids is 1. The molecule has 1 rings (SSSR count). The Hall–Kier alpha value is -0.610. The Morgan fingerprint density at radius 2 is 1.86 bits per heavy atom. The minimum absolute atomic E-state index is 0.174. The van der Waals surface area contributed by atoms with Gasteiger partial charge in [-0.1, -0.05) is 34.1 Å². The van der Waals surface area contributed by atoms with E-state index in [2.05, 4.69) is 37.9 Å². The molecule has 1 amide bonds. The molecule has 2 unspecified atom stereocenters. The van der Waals surface area contributed by atoms with Gasteiger partial charge in [-0.05, 0) is 50.6 Å².